The maximum Gasteiger partial charge on any atom is 0.387 e. The number of carbonyl (C=O) groups excluding carboxylic acids is 2. The summed E-state index contributed by atoms with van der Waals surface area (Å²) in [5.41, 5.74) is 5.70. The largest absolute Gasteiger partial charge is 0.434 e. The van der Waals surface area contributed by atoms with Crippen LogP contribution in [-0.4, -0.2) is 35.9 Å². The lowest BCUT2D eigenvalue weighted by atomic mass is 9.93. The summed E-state index contributed by atoms with van der Waals surface area (Å²) in [6.45, 7) is -0.764. The molecule has 0 aliphatic carbocycles. The summed E-state index contributed by atoms with van der Waals surface area (Å²) in [4.78, 5) is 25.3. The maximum absolute atomic E-state index is 12.4. The van der Waals surface area contributed by atoms with E-state index in [9.17, 15) is 18.4 Å². The number of primary amides is 1. The van der Waals surface area contributed by atoms with E-state index in [1.165, 1.54) is 18.2 Å². The van der Waals surface area contributed by atoms with E-state index in [0.717, 1.165) is 0 Å². The van der Waals surface area contributed by atoms with Gasteiger partial charge in [0.2, 0.25) is 11.8 Å². The SMILES string of the molecule is C[C@@H]1CC[C@@H](C(N)=O)CN1C(=O)/C=C\c1ccccc1OC(F)F. The van der Waals surface area contributed by atoms with Gasteiger partial charge < -0.3 is 15.4 Å². The number of halogens is 2. The average molecular weight is 338 g/mol. The van der Waals surface area contributed by atoms with Crippen molar-refractivity contribution >= 4 is 17.9 Å². The Kier molecular flexibility index (Phi) is 5.89. The van der Waals surface area contributed by atoms with Gasteiger partial charge in [-0.05, 0) is 31.9 Å². The predicted molar refractivity (Wildman–Crippen MR) is 85.2 cm³/mol. The first kappa shape index (κ1) is 17.9. The molecule has 0 spiro atoms. The summed E-state index contributed by atoms with van der Waals surface area (Å²) in [7, 11) is 0. The first-order valence-corrected chi connectivity index (χ1v) is 7.70. The fraction of sp³-hybridized carbons (Fsp3) is 0.412. The summed E-state index contributed by atoms with van der Waals surface area (Å²) in [5.74, 6) is -1.06. The molecule has 1 aromatic carbocycles. The zero-order valence-electron chi connectivity index (χ0n) is 13.3. The Hall–Kier alpha value is -2.44. The molecule has 1 aliphatic heterocycles. The molecule has 130 valence electrons. The quantitative estimate of drug-likeness (QED) is 0.838. The molecule has 2 rings (SSSR count). The van der Waals surface area contributed by atoms with Crippen molar-refractivity contribution in [2.24, 2.45) is 11.7 Å². The number of nitrogens with two attached hydrogens (primary N) is 1. The molecule has 1 saturated heterocycles. The number of hydrogen-bond donors (Lipinski definition) is 1. The topological polar surface area (TPSA) is 72.6 Å². The van der Waals surface area contributed by atoms with Crippen LogP contribution in [0.2, 0.25) is 0 Å². The van der Waals surface area contributed by atoms with E-state index in [-0.39, 0.29) is 30.2 Å². The van der Waals surface area contributed by atoms with Crippen LogP contribution in [0.1, 0.15) is 25.3 Å². The Balaban J connectivity index is 2.11. The van der Waals surface area contributed by atoms with Crippen molar-refractivity contribution in [3.8, 4) is 5.75 Å². The molecule has 0 bridgehead atoms. The highest BCUT2D eigenvalue weighted by Crippen LogP contribution is 2.24. The van der Waals surface area contributed by atoms with Crippen LogP contribution in [0.15, 0.2) is 30.3 Å². The summed E-state index contributed by atoms with van der Waals surface area (Å²) in [5, 5.41) is 0. The molecule has 1 heterocycles. The monoisotopic (exact) mass is 338 g/mol. The molecule has 1 aromatic rings. The van der Waals surface area contributed by atoms with Gasteiger partial charge in [-0.2, -0.15) is 8.78 Å². The number of nitrogens with zero attached hydrogens (tertiary/aromatic N) is 1. The van der Waals surface area contributed by atoms with Crippen LogP contribution in [0.25, 0.3) is 6.08 Å². The second-order valence-corrected chi connectivity index (χ2v) is 5.77. The lowest BCUT2D eigenvalue weighted by Gasteiger charge is -2.36. The fourth-order valence-electron chi connectivity index (χ4n) is 2.72. The number of rotatable bonds is 5. The smallest absolute Gasteiger partial charge is 0.387 e. The molecule has 7 heteroatoms. The van der Waals surface area contributed by atoms with Gasteiger partial charge in [-0.15, -0.1) is 0 Å². The Morgan fingerprint density at radius 2 is 2.04 bits per heavy atom. The highest BCUT2D eigenvalue weighted by Gasteiger charge is 2.30. The number of alkyl halides is 2. The molecule has 0 aromatic heterocycles. The van der Waals surface area contributed by atoms with E-state index >= 15 is 0 Å². The Morgan fingerprint density at radius 1 is 1.33 bits per heavy atom. The zero-order chi connectivity index (χ0) is 17.7. The molecule has 2 amide bonds. The van der Waals surface area contributed by atoms with Gasteiger partial charge in [0.05, 0.1) is 5.92 Å². The normalized spacial score (nSPS) is 21.2. The predicted octanol–water partition coefficient (Wildman–Crippen LogP) is 2.41. The third kappa shape index (κ3) is 4.53. The van der Waals surface area contributed by atoms with Crippen molar-refractivity contribution in [3.63, 3.8) is 0 Å². The summed E-state index contributed by atoms with van der Waals surface area (Å²) in [6.07, 6.45) is 4.08. The first-order valence-electron chi connectivity index (χ1n) is 7.70. The maximum atomic E-state index is 12.4. The first-order chi connectivity index (χ1) is 11.4. The fourth-order valence-corrected chi connectivity index (χ4v) is 2.72. The lowest BCUT2D eigenvalue weighted by Crippen LogP contribution is -2.48. The van der Waals surface area contributed by atoms with Crippen LogP contribution < -0.4 is 10.5 Å². The molecule has 24 heavy (non-hydrogen) atoms. The van der Waals surface area contributed by atoms with Gasteiger partial charge in [-0.1, -0.05) is 18.2 Å². The highest BCUT2D eigenvalue weighted by atomic mass is 19.3. The molecule has 1 fully saturated rings. The van der Waals surface area contributed by atoms with Crippen LogP contribution in [0.5, 0.6) is 5.75 Å². The van der Waals surface area contributed by atoms with E-state index < -0.39 is 12.5 Å². The molecule has 2 N–H and O–H groups in total. The number of likely N-dealkylation sites (tertiary alicyclic amines) is 1. The van der Waals surface area contributed by atoms with Gasteiger partial charge >= 0.3 is 6.61 Å². The number of ether oxygens (including phenoxy) is 1. The van der Waals surface area contributed by atoms with Crippen molar-refractivity contribution in [2.75, 3.05) is 6.54 Å². The Labute approximate surface area is 139 Å². The minimum absolute atomic E-state index is 0.00162. The third-order valence-corrected chi connectivity index (χ3v) is 4.11. The van der Waals surface area contributed by atoms with Crippen molar-refractivity contribution in [1.82, 2.24) is 4.90 Å². The van der Waals surface area contributed by atoms with Crippen molar-refractivity contribution in [1.29, 1.82) is 0 Å². The van der Waals surface area contributed by atoms with Gasteiger partial charge in [0.1, 0.15) is 5.75 Å². The average Bonchev–Trinajstić information content (AvgIpc) is 2.53. The molecule has 0 saturated carbocycles. The number of hydrogen-bond acceptors (Lipinski definition) is 3. The molecular formula is C17H20F2N2O3. The number of carbonyl (C=O) groups is 2. The summed E-state index contributed by atoms with van der Waals surface area (Å²) in [6, 6.07) is 6.21. The molecule has 0 radical (unpaired) electrons. The number of amides is 2. The lowest BCUT2D eigenvalue weighted by molar-refractivity contribution is -0.133. The number of para-hydroxylation sites is 1. The zero-order valence-corrected chi connectivity index (χ0v) is 13.3. The van der Waals surface area contributed by atoms with Crippen LogP contribution in [0.3, 0.4) is 0 Å². The van der Waals surface area contributed by atoms with Gasteiger partial charge in [-0.25, -0.2) is 0 Å². The molecular weight excluding hydrogens is 318 g/mol. The van der Waals surface area contributed by atoms with Crippen molar-refractivity contribution in [2.45, 2.75) is 32.4 Å². The Bertz CT molecular complexity index is 634. The standard InChI is InChI=1S/C17H20F2N2O3/c1-11-6-7-13(16(20)23)10-21(11)15(22)9-8-12-4-2-3-5-14(12)24-17(18)19/h2-5,8-9,11,13,17H,6-7,10H2,1H3,(H2,20,23)/b9-8-/t11-,13-/m1/s1. The van der Waals surface area contributed by atoms with Crippen molar-refractivity contribution in [3.05, 3.63) is 35.9 Å². The number of piperidine rings is 1. The molecule has 5 nitrogen and oxygen atoms in total. The van der Waals surface area contributed by atoms with Crippen LogP contribution in [0.4, 0.5) is 8.78 Å². The molecule has 1 aliphatic rings. The van der Waals surface area contributed by atoms with Crippen LogP contribution >= 0.6 is 0 Å². The van der Waals surface area contributed by atoms with Gasteiger partial charge in [0.15, 0.2) is 0 Å². The van der Waals surface area contributed by atoms with E-state index in [2.05, 4.69) is 4.74 Å². The molecule has 2 atom stereocenters. The summed E-state index contributed by atoms with van der Waals surface area (Å²) >= 11 is 0. The van der Waals surface area contributed by atoms with Crippen LogP contribution in [-0.2, 0) is 9.59 Å². The Morgan fingerprint density at radius 3 is 2.71 bits per heavy atom. The second-order valence-electron chi connectivity index (χ2n) is 5.77. The van der Waals surface area contributed by atoms with E-state index in [4.69, 9.17) is 5.73 Å². The van der Waals surface area contributed by atoms with E-state index in [0.29, 0.717) is 18.4 Å². The minimum atomic E-state index is -2.94. The summed E-state index contributed by atoms with van der Waals surface area (Å²) < 4.78 is 29.2. The van der Waals surface area contributed by atoms with Crippen LogP contribution in [0, 0.1) is 5.92 Å². The minimum Gasteiger partial charge on any atom is -0.434 e. The second kappa shape index (κ2) is 7.90. The highest BCUT2D eigenvalue weighted by molar-refractivity contribution is 5.93. The van der Waals surface area contributed by atoms with E-state index in [1.54, 1.807) is 23.1 Å². The molecule has 0 unspecified atom stereocenters. The van der Waals surface area contributed by atoms with Crippen molar-refractivity contribution < 1.29 is 23.1 Å². The van der Waals surface area contributed by atoms with Gasteiger partial charge in [-0.3, -0.25) is 9.59 Å². The number of benzene rings is 1. The van der Waals surface area contributed by atoms with Gasteiger partial charge in [0, 0.05) is 24.2 Å². The third-order valence-electron chi connectivity index (χ3n) is 4.11. The van der Waals surface area contributed by atoms with E-state index in [1.807, 2.05) is 6.92 Å². The van der Waals surface area contributed by atoms with Gasteiger partial charge in [0.25, 0.3) is 0 Å².